The van der Waals surface area contributed by atoms with Crippen molar-refractivity contribution in [3.63, 3.8) is 0 Å². The average Bonchev–Trinajstić information content (AvgIpc) is 3.23. The van der Waals surface area contributed by atoms with E-state index in [0.29, 0.717) is 22.6 Å². The minimum atomic E-state index is -4.60. The molecule has 4 rings (SSSR count). The van der Waals surface area contributed by atoms with Crippen molar-refractivity contribution >= 4 is 17.5 Å². The second kappa shape index (κ2) is 8.14. The van der Waals surface area contributed by atoms with Gasteiger partial charge in [-0.05, 0) is 49.2 Å². The van der Waals surface area contributed by atoms with Gasteiger partial charge in [0.25, 0.3) is 0 Å². The first-order chi connectivity index (χ1) is 15.1. The van der Waals surface area contributed by atoms with Gasteiger partial charge in [0.15, 0.2) is 0 Å². The molecule has 32 heavy (non-hydrogen) atoms. The van der Waals surface area contributed by atoms with Crippen LogP contribution in [0.15, 0.2) is 48.5 Å². The highest BCUT2D eigenvalue weighted by Crippen LogP contribution is 2.35. The standard InChI is InChI=1S/C23H21F3N4O2/c1-13-9-14(2)30(29-13)16-8-7-15(19(10-16)23(24,25)26)12-27-21(31)11-18-17-5-3-4-6-20(17)28-22(18)32/h3-10,18H,11-12H2,1-2H3,(H,27,31)(H,28,32). The highest BCUT2D eigenvalue weighted by Gasteiger charge is 2.35. The number of nitrogens with one attached hydrogen (secondary N) is 2. The summed E-state index contributed by atoms with van der Waals surface area (Å²) in [6, 6.07) is 12.7. The summed E-state index contributed by atoms with van der Waals surface area (Å²) in [7, 11) is 0. The summed E-state index contributed by atoms with van der Waals surface area (Å²) in [6.07, 6.45) is -4.75. The first kappa shape index (κ1) is 21.6. The molecule has 0 saturated heterocycles. The fraction of sp³-hybridized carbons (Fsp3) is 0.261. The van der Waals surface area contributed by atoms with E-state index in [2.05, 4.69) is 15.7 Å². The van der Waals surface area contributed by atoms with Gasteiger partial charge in [0, 0.05) is 24.3 Å². The molecule has 2 amide bonds. The summed E-state index contributed by atoms with van der Waals surface area (Å²) in [6.45, 7) is 3.22. The zero-order valence-electron chi connectivity index (χ0n) is 17.5. The van der Waals surface area contributed by atoms with Gasteiger partial charge in [-0.15, -0.1) is 0 Å². The van der Waals surface area contributed by atoms with Crippen molar-refractivity contribution in [2.24, 2.45) is 0 Å². The van der Waals surface area contributed by atoms with Crippen LogP contribution >= 0.6 is 0 Å². The maximum atomic E-state index is 13.7. The summed E-state index contributed by atoms with van der Waals surface area (Å²) in [5.74, 6) is -1.47. The minimum absolute atomic E-state index is 0.0626. The van der Waals surface area contributed by atoms with Crippen LogP contribution in [0.2, 0.25) is 0 Å². The van der Waals surface area contributed by atoms with Gasteiger partial charge in [0.2, 0.25) is 11.8 Å². The topological polar surface area (TPSA) is 76.0 Å². The smallest absolute Gasteiger partial charge is 0.352 e. The number of halogens is 3. The predicted octanol–water partition coefficient (Wildman–Crippen LogP) is 4.25. The number of carbonyl (C=O) groups is 2. The molecule has 166 valence electrons. The predicted molar refractivity (Wildman–Crippen MR) is 112 cm³/mol. The van der Waals surface area contributed by atoms with Gasteiger partial charge < -0.3 is 10.6 Å². The Morgan fingerprint density at radius 2 is 1.91 bits per heavy atom. The molecular weight excluding hydrogens is 421 g/mol. The van der Waals surface area contributed by atoms with Crippen LogP contribution < -0.4 is 10.6 Å². The summed E-state index contributed by atoms with van der Waals surface area (Å²) in [4.78, 5) is 24.6. The lowest BCUT2D eigenvalue weighted by Crippen LogP contribution is -2.27. The van der Waals surface area contributed by atoms with Crippen molar-refractivity contribution in [3.8, 4) is 5.69 Å². The molecule has 1 unspecified atom stereocenters. The summed E-state index contributed by atoms with van der Waals surface area (Å²) in [5, 5.41) is 9.46. The molecule has 0 spiro atoms. The number of rotatable bonds is 5. The Hall–Kier alpha value is -3.62. The van der Waals surface area contributed by atoms with Crippen LogP contribution in [0.1, 0.15) is 40.4 Å². The molecule has 1 aliphatic rings. The summed E-state index contributed by atoms with van der Waals surface area (Å²) in [5.41, 5.74) is 2.15. The average molecular weight is 442 g/mol. The number of anilines is 1. The number of nitrogens with zero attached hydrogens (tertiary/aromatic N) is 2. The van der Waals surface area contributed by atoms with Gasteiger partial charge in [0.05, 0.1) is 22.9 Å². The Kier molecular flexibility index (Phi) is 5.50. The van der Waals surface area contributed by atoms with E-state index in [1.165, 1.54) is 16.8 Å². The van der Waals surface area contributed by atoms with Gasteiger partial charge >= 0.3 is 6.18 Å². The number of hydrogen-bond donors (Lipinski definition) is 2. The van der Waals surface area contributed by atoms with Crippen molar-refractivity contribution in [1.29, 1.82) is 0 Å². The molecule has 0 aliphatic carbocycles. The number of carbonyl (C=O) groups excluding carboxylic acids is 2. The molecule has 0 bridgehead atoms. The normalized spacial score (nSPS) is 15.4. The van der Waals surface area contributed by atoms with E-state index in [9.17, 15) is 22.8 Å². The first-order valence-corrected chi connectivity index (χ1v) is 10.0. The third-order valence-electron chi connectivity index (χ3n) is 5.43. The van der Waals surface area contributed by atoms with E-state index in [1.54, 1.807) is 44.2 Å². The fourth-order valence-electron chi connectivity index (χ4n) is 3.93. The van der Waals surface area contributed by atoms with Crippen LogP contribution in [0.3, 0.4) is 0 Å². The third-order valence-corrected chi connectivity index (χ3v) is 5.43. The maximum Gasteiger partial charge on any atom is 0.416 e. The maximum absolute atomic E-state index is 13.7. The Morgan fingerprint density at radius 3 is 2.59 bits per heavy atom. The number of hydrogen-bond acceptors (Lipinski definition) is 3. The van der Waals surface area contributed by atoms with E-state index in [-0.39, 0.29) is 30.1 Å². The van der Waals surface area contributed by atoms with Crippen molar-refractivity contribution in [3.05, 3.63) is 76.6 Å². The van der Waals surface area contributed by atoms with Crippen LogP contribution in [0, 0.1) is 13.8 Å². The van der Waals surface area contributed by atoms with Crippen LogP contribution in [0.5, 0.6) is 0 Å². The van der Waals surface area contributed by atoms with Crippen LogP contribution in [0.4, 0.5) is 18.9 Å². The molecule has 2 aromatic carbocycles. The van der Waals surface area contributed by atoms with E-state index >= 15 is 0 Å². The van der Waals surface area contributed by atoms with Crippen molar-refractivity contribution in [1.82, 2.24) is 15.1 Å². The van der Waals surface area contributed by atoms with Gasteiger partial charge in [-0.2, -0.15) is 18.3 Å². The minimum Gasteiger partial charge on any atom is -0.352 e. The molecule has 6 nitrogen and oxygen atoms in total. The largest absolute Gasteiger partial charge is 0.416 e. The molecule has 3 aromatic rings. The van der Waals surface area contributed by atoms with E-state index in [1.807, 2.05) is 0 Å². The van der Waals surface area contributed by atoms with Crippen molar-refractivity contribution in [2.75, 3.05) is 5.32 Å². The second-order valence-corrected chi connectivity index (χ2v) is 7.79. The Balaban J connectivity index is 1.51. The molecule has 1 aromatic heterocycles. The fourth-order valence-corrected chi connectivity index (χ4v) is 3.93. The lowest BCUT2D eigenvalue weighted by Gasteiger charge is -2.16. The van der Waals surface area contributed by atoms with E-state index < -0.39 is 23.6 Å². The number of aryl methyl sites for hydroxylation is 2. The number of amides is 2. The molecule has 0 saturated carbocycles. The highest BCUT2D eigenvalue weighted by atomic mass is 19.4. The third kappa shape index (κ3) is 4.23. The molecule has 2 heterocycles. The van der Waals surface area contributed by atoms with E-state index in [4.69, 9.17) is 0 Å². The molecule has 1 aliphatic heterocycles. The Labute approximate surface area is 182 Å². The number of fused-ring (bicyclic) bond motifs is 1. The highest BCUT2D eigenvalue weighted by molar-refractivity contribution is 6.04. The van der Waals surface area contributed by atoms with Gasteiger partial charge in [-0.3, -0.25) is 9.59 Å². The Morgan fingerprint density at radius 1 is 1.16 bits per heavy atom. The van der Waals surface area contributed by atoms with Crippen molar-refractivity contribution in [2.45, 2.75) is 38.9 Å². The molecule has 1 atom stereocenters. The van der Waals surface area contributed by atoms with Gasteiger partial charge in [-0.25, -0.2) is 4.68 Å². The number of para-hydroxylation sites is 1. The zero-order valence-corrected chi connectivity index (χ0v) is 17.5. The van der Waals surface area contributed by atoms with Gasteiger partial charge in [0.1, 0.15) is 0 Å². The number of alkyl halides is 3. The molecule has 0 fully saturated rings. The summed E-state index contributed by atoms with van der Waals surface area (Å²) < 4.78 is 42.6. The summed E-state index contributed by atoms with van der Waals surface area (Å²) >= 11 is 0. The molecule has 9 heteroatoms. The SMILES string of the molecule is Cc1cc(C)n(-c2ccc(CNC(=O)CC3C(=O)Nc4ccccc43)c(C(F)(F)F)c2)n1. The lowest BCUT2D eigenvalue weighted by atomic mass is 9.97. The van der Waals surface area contributed by atoms with Crippen molar-refractivity contribution < 1.29 is 22.8 Å². The van der Waals surface area contributed by atoms with Crippen LogP contribution in [-0.2, 0) is 22.3 Å². The first-order valence-electron chi connectivity index (χ1n) is 10.0. The van der Waals surface area contributed by atoms with Crippen LogP contribution in [-0.4, -0.2) is 21.6 Å². The lowest BCUT2D eigenvalue weighted by molar-refractivity contribution is -0.138. The molecular formula is C23H21F3N4O2. The molecule has 2 N–H and O–H groups in total. The quantitative estimate of drug-likeness (QED) is 0.620. The number of aromatic nitrogens is 2. The Bertz CT molecular complexity index is 1200. The monoisotopic (exact) mass is 442 g/mol. The van der Waals surface area contributed by atoms with Gasteiger partial charge in [-0.1, -0.05) is 24.3 Å². The second-order valence-electron chi connectivity index (χ2n) is 7.79. The van der Waals surface area contributed by atoms with E-state index in [0.717, 1.165) is 6.07 Å². The van der Waals surface area contributed by atoms with Crippen LogP contribution in [0.25, 0.3) is 5.69 Å². The zero-order chi connectivity index (χ0) is 23.0. The number of benzene rings is 2. The molecule has 0 radical (unpaired) electrons.